The van der Waals surface area contributed by atoms with Crippen LogP contribution in [0.1, 0.15) is 25.3 Å². The number of nitrogens with one attached hydrogen (secondary N) is 1. The molecule has 0 saturated carbocycles. The third kappa shape index (κ3) is 4.89. The van der Waals surface area contributed by atoms with Crippen molar-refractivity contribution in [3.63, 3.8) is 0 Å². The first-order chi connectivity index (χ1) is 13.6. The van der Waals surface area contributed by atoms with E-state index >= 15 is 0 Å². The van der Waals surface area contributed by atoms with Crippen LogP contribution in [0.15, 0.2) is 54.6 Å². The highest BCUT2D eigenvalue weighted by Crippen LogP contribution is 2.26. The molecule has 2 aromatic carbocycles. The Bertz CT molecular complexity index is 765. The van der Waals surface area contributed by atoms with E-state index in [2.05, 4.69) is 64.4 Å². The van der Waals surface area contributed by atoms with Crippen LogP contribution in [0, 0.1) is 0 Å². The van der Waals surface area contributed by atoms with Crippen LogP contribution in [-0.4, -0.2) is 54.3 Å². The first kappa shape index (κ1) is 20.7. The van der Waals surface area contributed by atoms with Crippen LogP contribution < -0.4 is 4.72 Å². The molecule has 0 aliphatic carbocycles. The molecule has 150 valence electrons. The van der Waals surface area contributed by atoms with Gasteiger partial charge < -0.3 is 9.80 Å². The van der Waals surface area contributed by atoms with Gasteiger partial charge in [0.15, 0.2) is 0 Å². The molecule has 4 nitrogen and oxygen atoms in total. The molecule has 1 aliphatic heterocycles. The number of urea groups is 1. The Kier molecular flexibility index (Phi) is 7.40. The molecule has 28 heavy (non-hydrogen) atoms. The number of carbonyl (C=O) groups excluding carboxylic acids is 1. The van der Waals surface area contributed by atoms with E-state index in [4.69, 9.17) is 0 Å². The number of amides is 2. The summed E-state index contributed by atoms with van der Waals surface area (Å²) in [4.78, 5) is 16.9. The quantitative estimate of drug-likeness (QED) is 0.720. The summed E-state index contributed by atoms with van der Waals surface area (Å²) >= 11 is 1.65. The highest BCUT2D eigenvalue weighted by Gasteiger charge is 2.35. The lowest BCUT2D eigenvalue weighted by Gasteiger charge is -2.43. The second-order valence-electron chi connectivity index (χ2n) is 7.40. The average molecular weight is 398 g/mol. The number of benzene rings is 2. The van der Waals surface area contributed by atoms with Gasteiger partial charge >= 0.3 is 6.03 Å². The molecular formula is C23H31N3OS. The predicted octanol–water partition coefficient (Wildman–Crippen LogP) is 4.67. The zero-order chi connectivity index (χ0) is 19.9. The molecule has 1 N–H and O–H groups in total. The third-order valence-electron chi connectivity index (χ3n) is 5.57. The smallest absolute Gasteiger partial charge is 0.320 e. The number of hydrogen-bond donors (Lipinski definition) is 1. The van der Waals surface area contributed by atoms with Crippen molar-refractivity contribution in [2.24, 2.45) is 0 Å². The summed E-state index contributed by atoms with van der Waals surface area (Å²) in [6, 6.07) is 19.8. The lowest BCUT2D eigenvalue weighted by Crippen LogP contribution is -2.58. The Morgan fingerprint density at radius 3 is 2.64 bits per heavy atom. The Labute approximate surface area is 173 Å². The molecule has 1 heterocycles. The summed E-state index contributed by atoms with van der Waals surface area (Å²) < 4.78 is 3.55. The Balaban J connectivity index is 1.86. The highest BCUT2D eigenvalue weighted by molar-refractivity contribution is 7.96. The summed E-state index contributed by atoms with van der Waals surface area (Å²) in [5, 5.41) is 0. The van der Waals surface area contributed by atoms with Crippen LogP contribution in [0.4, 0.5) is 4.79 Å². The lowest BCUT2D eigenvalue weighted by atomic mass is 9.90. The van der Waals surface area contributed by atoms with Crippen LogP contribution >= 0.6 is 11.9 Å². The van der Waals surface area contributed by atoms with Crippen LogP contribution in [0.25, 0.3) is 11.1 Å². The maximum absolute atomic E-state index is 13.0. The predicted molar refractivity (Wildman–Crippen MR) is 119 cm³/mol. The molecule has 2 aromatic rings. The van der Waals surface area contributed by atoms with Crippen molar-refractivity contribution < 1.29 is 4.79 Å². The zero-order valence-electron chi connectivity index (χ0n) is 17.1. The van der Waals surface area contributed by atoms with E-state index in [0.717, 1.165) is 32.4 Å². The van der Waals surface area contributed by atoms with Crippen LogP contribution in [0.5, 0.6) is 0 Å². The van der Waals surface area contributed by atoms with E-state index in [1.54, 1.807) is 11.9 Å². The van der Waals surface area contributed by atoms with E-state index in [-0.39, 0.29) is 12.1 Å². The number of piperidine rings is 1. The van der Waals surface area contributed by atoms with Crippen molar-refractivity contribution in [3.8, 4) is 11.1 Å². The fraction of sp³-hybridized carbons (Fsp3) is 0.435. The first-order valence-corrected chi connectivity index (χ1v) is 11.3. The SMILES string of the molecule is CCN(C)C(=O)N1CCCC(NSC)C1Cc1cccc(-c2ccccc2)c1. The van der Waals surface area contributed by atoms with Gasteiger partial charge in [0.2, 0.25) is 0 Å². The van der Waals surface area contributed by atoms with Gasteiger partial charge in [-0.15, -0.1) is 0 Å². The van der Waals surface area contributed by atoms with Crippen molar-refractivity contribution in [1.82, 2.24) is 14.5 Å². The second kappa shape index (κ2) is 9.99. The van der Waals surface area contributed by atoms with Gasteiger partial charge in [0.05, 0.1) is 6.04 Å². The Morgan fingerprint density at radius 2 is 1.93 bits per heavy atom. The lowest BCUT2D eigenvalue weighted by molar-refractivity contribution is 0.111. The van der Waals surface area contributed by atoms with E-state index in [1.165, 1.54) is 16.7 Å². The first-order valence-electron chi connectivity index (χ1n) is 10.1. The summed E-state index contributed by atoms with van der Waals surface area (Å²) in [5.41, 5.74) is 3.73. The van der Waals surface area contributed by atoms with Gasteiger partial charge in [-0.25, -0.2) is 4.79 Å². The molecule has 0 aromatic heterocycles. The van der Waals surface area contributed by atoms with Gasteiger partial charge in [0.1, 0.15) is 0 Å². The van der Waals surface area contributed by atoms with Crippen LogP contribution in [0.2, 0.25) is 0 Å². The number of nitrogens with zero attached hydrogens (tertiary/aromatic N) is 2. The van der Waals surface area contributed by atoms with Gasteiger partial charge in [-0.05, 0) is 49.1 Å². The summed E-state index contributed by atoms with van der Waals surface area (Å²) in [7, 11) is 1.89. The molecular weight excluding hydrogens is 366 g/mol. The Hall–Kier alpha value is -1.98. The van der Waals surface area contributed by atoms with E-state index < -0.39 is 0 Å². The molecule has 1 aliphatic rings. The minimum absolute atomic E-state index is 0.138. The maximum atomic E-state index is 13.0. The van der Waals surface area contributed by atoms with Crippen molar-refractivity contribution in [2.45, 2.75) is 38.3 Å². The number of likely N-dealkylation sites (tertiary alicyclic amines) is 1. The zero-order valence-corrected chi connectivity index (χ0v) is 17.9. The van der Waals surface area contributed by atoms with Gasteiger partial charge in [-0.2, -0.15) is 0 Å². The van der Waals surface area contributed by atoms with E-state index in [1.807, 2.05) is 24.9 Å². The number of carbonyl (C=O) groups is 1. The van der Waals surface area contributed by atoms with Crippen molar-refractivity contribution in [2.75, 3.05) is 26.4 Å². The molecule has 2 amide bonds. The fourth-order valence-electron chi connectivity index (χ4n) is 3.94. The normalized spacial score (nSPS) is 19.5. The third-order valence-corrected chi connectivity index (χ3v) is 6.11. The molecule has 1 fully saturated rings. The summed E-state index contributed by atoms with van der Waals surface area (Å²) in [6.07, 6.45) is 5.07. The molecule has 2 atom stereocenters. The minimum atomic E-state index is 0.138. The second-order valence-corrected chi connectivity index (χ2v) is 8.04. The topological polar surface area (TPSA) is 35.6 Å². The summed E-state index contributed by atoms with van der Waals surface area (Å²) in [5.74, 6) is 0. The van der Waals surface area contributed by atoms with Crippen LogP contribution in [-0.2, 0) is 6.42 Å². The molecule has 1 saturated heterocycles. The van der Waals surface area contributed by atoms with Crippen molar-refractivity contribution >= 4 is 18.0 Å². The minimum Gasteiger partial charge on any atom is -0.328 e. The van der Waals surface area contributed by atoms with Crippen molar-refractivity contribution in [1.29, 1.82) is 0 Å². The highest BCUT2D eigenvalue weighted by atomic mass is 32.2. The van der Waals surface area contributed by atoms with Gasteiger partial charge in [-0.3, -0.25) is 4.72 Å². The number of rotatable bonds is 6. The van der Waals surface area contributed by atoms with Crippen molar-refractivity contribution in [3.05, 3.63) is 60.2 Å². The Morgan fingerprint density at radius 1 is 1.18 bits per heavy atom. The largest absolute Gasteiger partial charge is 0.328 e. The average Bonchev–Trinajstić information content (AvgIpc) is 2.75. The van der Waals surface area contributed by atoms with E-state index in [0.29, 0.717) is 6.04 Å². The molecule has 3 rings (SSSR count). The summed E-state index contributed by atoms with van der Waals surface area (Å²) in [6.45, 7) is 3.59. The maximum Gasteiger partial charge on any atom is 0.320 e. The monoisotopic (exact) mass is 397 g/mol. The molecule has 2 unspecified atom stereocenters. The molecule has 0 radical (unpaired) electrons. The van der Waals surface area contributed by atoms with E-state index in [9.17, 15) is 4.79 Å². The van der Waals surface area contributed by atoms with Gasteiger partial charge in [0.25, 0.3) is 0 Å². The van der Waals surface area contributed by atoms with Crippen LogP contribution in [0.3, 0.4) is 0 Å². The number of hydrogen-bond acceptors (Lipinski definition) is 3. The standard InChI is InChI=1S/C23H31N3OS/c1-4-25(2)23(27)26-15-9-14-21(24-28-3)22(26)17-18-10-8-13-20(16-18)19-11-6-5-7-12-19/h5-8,10-13,16,21-22,24H,4,9,14-15,17H2,1-3H3. The molecule has 0 bridgehead atoms. The molecule has 5 heteroatoms. The van der Waals surface area contributed by atoms with Gasteiger partial charge in [-0.1, -0.05) is 66.5 Å². The molecule has 0 spiro atoms. The van der Waals surface area contributed by atoms with Gasteiger partial charge in [0, 0.05) is 26.2 Å². The fourth-order valence-corrected chi connectivity index (χ4v) is 4.52.